The van der Waals surface area contributed by atoms with Crippen molar-refractivity contribution in [2.45, 2.75) is 12.8 Å². The molecule has 2 unspecified atom stereocenters. The third-order valence-corrected chi connectivity index (χ3v) is 4.19. The summed E-state index contributed by atoms with van der Waals surface area (Å²) < 4.78 is 10.5. The number of hydrogen-bond donors (Lipinski definition) is 2. The molecule has 1 fully saturated rings. The summed E-state index contributed by atoms with van der Waals surface area (Å²) in [6, 6.07) is 5.27. The standard InChI is InChI=1S/C17H23N3O4/c1-20(2)7-3-6-18-16(21)12-9-13(12)17(22)19-11-4-5-14-15(8-11)24-10-23-14/h4-5,8,12-13H,3,6-7,9-10H2,1-2H3,(H,18,21)(H,19,22). The van der Waals surface area contributed by atoms with Gasteiger partial charge < -0.3 is 25.0 Å². The maximum Gasteiger partial charge on any atom is 0.231 e. The van der Waals surface area contributed by atoms with Gasteiger partial charge in [0.25, 0.3) is 0 Å². The largest absolute Gasteiger partial charge is 0.454 e. The molecule has 7 heteroatoms. The molecule has 1 aliphatic carbocycles. The topological polar surface area (TPSA) is 79.9 Å². The van der Waals surface area contributed by atoms with Gasteiger partial charge in [-0.1, -0.05) is 0 Å². The number of carbonyl (C=O) groups excluding carboxylic acids is 2. The van der Waals surface area contributed by atoms with E-state index in [0.717, 1.165) is 13.0 Å². The minimum Gasteiger partial charge on any atom is -0.454 e. The van der Waals surface area contributed by atoms with Crippen molar-refractivity contribution < 1.29 is 19.1 Å². The summed E-state index contributed by atoms with van der Waals surface area (Å²) in [6.07, 6.45) is 1.51. The van der Waals surface area contributed by atoms with Gasteiger partial charge in [-0.3, -0.25) is 9.59 Å². The van der Waals surface area contributed by atoms with Crippen molar-refractivity contribution in [2.24, 2.45) is 11.8 Å². The van der Waals surface area contributed by atoms with E-state index in [2.05, 4.69) is 15.5 Å². The third-order valence-electron chi connectivity index (χ3n) is 4.19. The van der Waals surface area contributed by atoms with Crippen molar-refractivity contribution in [1.29, 1.82) is 0 Å². The van der Waals surface area contributed by atoms with E-state index in [0.29, 0.717) is 30.2 Å². The van der Waals surface area contributed by atoms with Crippen molar-refractivity contribution in [2.75, 3.05) is 39.3 Å². The second-order valence-corrected chi connectivity index (χ2v) is 6.45. The molecule has 1 aromatic carbocycles. The van der Waals surface area contributed by atoms with E-state index < -0.39 is 0 Å². The van der Waals surface area contributed by atoms with Gasteiger partial charge in [0, 0.05) is 18.3 Å². The Morgan fingerprint density at radius 1 is 1.17 bits per heavy atom. The van der Waals surface area contributed by atoms with E-state index in [-0.39, 0.29) is 30.4 Å². The molecule has 1 aliphatic heterocycles. The quantitative estimate of drug-likeness (QED) is 0.729. The van der Waals surface area contributed by atoms with Crippen LogP contribution in [0.5, 0.6) is 11.5 Å². The van der Waals surface area contributed by atoms with Crippen LogP contribution in [-0.2, 0) is 9.59 Å². The number of anilines is 1. The van der Waals surface area contributed by atoms with Crippen LogP contribution in [-0.4, -0.2) is 50.7 Å². The van der Waals surface area contributed by atoms with Gasteiger partial charge in [0.05, 0.1) is 11.8 Å². The highest BCUT2D eigenvalue weighted by molar-refractivity contribution is 5.99. The minimum atomic E-state index is -0.246. The Bertz CT molecular complexity index is 632. The summed E-state index contributed by atoms with van der Waals surface area (Å²) in [5.41, 5.74) is 0.654. The van der Waals surface area contributed by atoms with Crippen LogP contribution in [0.1, 0.15) is 12.8 Å². The maximum absolute atomic E-state index is 12.2. The van der Waals surface area contributed by atoms with Gasteiger partial charge in [0.15, 0.2) is 11.5 Å². The van der Waals surface area contributed by atoms with E-state index in [9.17, 15) is 9.59 Å². The first-order valence-corrected chi connectivity index (χ1v) is 8.17. The second kappa shape index (κ2) is 7.09. The van der Waals surface area contributed by atoms with Crippen molar-refractivity contribution in [3.8, 4) is 11.5 Å². The number of nitrogens with zero attached hydrogens (tertiary/aromatic N) is 1. The molecule has 7 nitrogen and oxygen atoms in total. The lowest BCUT2D eigenvalue weighted by atomic mass is 10.2. The Hall–Kier alpha value is -2.28. The number of carbonyl (C=O) groups is 2. The molecule has 2 aliphatic rings. The van der Waals surface area contributed by atoms with Crippen LogP contribution in [0, 0.1) is 11.8 Å². The smallest absolute Gasteiger partial charge is 0.231 e. The molecule has 0 aromatic heterocycles. The molecule has 0 saturated heterocycles. The predicted octanol–water partition coefficient (Wildman–Crippen LogP) is 1.06. The van der Waals surface area contributed by atoms with Crippen LogP contribution in [0.25, 0.3) is 0 Å². The van der Waals surface area contributed by atoms with Crippen LogP contribution in [0.2, 0.25) is 0 Å². The van der Waals surface area contributed by atoms with E-state index in [1.54, 1.807) is 18.2 Å². The molecule has 2 amide bonds. The van der Waals surface area contributed by atoms with E-state index in [1.165, 1.54) is 0 Å². The molecule has 2 atom stereocenters. The zero-order valence-corrected chi connectivity index (χ0v) is 14.0. The monoisotopic (exact) mass is 333 g/mol. The number of hydrogen-bond acceptors (Lipinski definition) is 5. The van der Waals surface area contributed by atoms with Gasteiger partial charge >= 0.3 is 0 Å². The summed E-state index contributed by atoms with van der Waals surface area (Å²) in [4.78, 5) is 26.3. The number of fused-ring (bicyclic) bond motifs is 1. The van der Waals surface area contributed by atoms with Crippen LogP contribution in [0.4, 0.5) is 5.69 Å². The molecule has 130 valence electrons. The fraction of sp³-hybridized carbons (Fsp3) is 0.529. The van der Waals surface area contributed by atoms with Gasteiger partial charge in [0.1, 0.15) is 0 Å². The van der Waals surface area contributed by atoms with Gasteiger partial charge in [0.2, 0.25) is 18.6 Å². The lowest BCUT2D eigenvalue weighted by molar-refractivity contribution is -0.125. The predicted molar refractivity (Wildman–Crippen MR) is 89.0 cm³/mol. The number of amides is 2. The summed E-state index contributed by atoms with van der Waals surface area (Å²) >= 11 is 0. The average Bonchev–Trinajstić information content (AvgIpc) is 3.22. The van der Waals surface area contributed by atoms with Crippen LogP contribution >= 0.6 is 0 Å². The zero-order chi connectivity index (χ0) is 17.1. The molecule has 2 N–H and O–H groups in total. The third kappa shape index (κ3) is 3.97. The van der Waals surface area contributed by atoms with Crippen LogP contribution in [0.3, 0.4) is 0 Å². The fourth-order valence-corrected chi connectivity index (χ4v) is 2.72. The fourth-order valence-electron chi connectivity index (χ4n) is 2.72. The Kier molecular flexibility index (Phi) is 4.89. The molecule has 24 heavy (non-hydrogen) atoms. The van der Waals surface area contributed by atoms with E-state index in [1.807, 2.05) is 14.1 Å². The summed E-state index contributed by atoms with van der Waals surface area (Å²) in [5, 5.41) is 5.74. The molecule has 3 rings (SSSR count). The Morgan fingerprint density at radius 2 is 1.92 bits per heavy atom. The number of benzene rings is 1. The van der Waals surface area contributed by atoms with Crippen LogP contribution in [0.15, 0.2) is 18.2 Å². The van der Waals surface area contributed by atoms with Crippen LogP contribution < -0.4 is 20.1 Å². The second-order valence-electron chi connectivity index (χ2n) is 6.45. The Morgan fingerprint density at radius 3 is 2.71 bits per heavy atom. The van der Waals surface area contributed by atoms with E-state index >= 15 is 0 Å². The average molecular weight is 333 g/mol. The minimum absolute atomic E-state index is 0.0282. The number of nitrogens with one attached hydrogen (secondary N) is 2. The first-order chi connectivity index (χ1) is 11.5. The van der Waals surface area contributed by atoms with Crippen molar-refractivity contribution >= 4 is 17.5 Å². The lowest BCUT2D eigenvalue weighted by Crippen LogP contribution is -2.30. The molecule has 1 heterocycles. The molecule has 0 spiro atoms. The van der Waals surface area contributed by atoms with Gasteiger partial charge in [-0.25, -0.2) is 0 Å². The highest BCUT2D eigenvalue weighted by atomic mass is 16.7. The van der Waals surface area contributed by atoms with E-state index in [4.69, 9.17) is 9.47 Å². The Labute approximate surface area is 141 Å². The number of ether oxygens (including phenoxy) is 2. The first kappa shape index (κ1) is 16.6. The zero-order valence-electron chi connectivity index (χ0n) is 14.0. The molecule has 1 saturated carbocycles. The first-order valence-electron chi connectivity index (χ1n) is 8.17. The van der Waals surface area contributed by atoms with Crippen molar-refractivity contribution in [3.63, 3.8) is 0 Å². The van der Waals surface area contributed by atoms with Crippen molar-refractivity contribution in [3.05, 3.63) is 18.2 Å². The van der Waals surface area contributed by atoms with Crippen molar-refractivity contribution in [1.82, 2.24) is 10.2 Å². The number of rotatable bonds is 7. The summed E-state index contributed by atoms with van der Waals surface area (Å²) in [6.45, 7) is 1.77. The molecular formula is C17H23N3O4. The maximum atomic E-state index is 12.2. The molecule has 1 aromatic rings. The molecular weight excluding hydrogens is 310 g/mol. The highest BCUT2D eigenvalue weighted by Crippen LogP contribution is 2.40. The summed E-state index contributed by atoms with van der Waals surface area (Å²) in [7, 11) is 4.00. The molecule has 0 bridgehead atoms. The van der Waals surface area contributed by atoms with Gasteiger partial charge in [-0.05, 0) is 45.6 Å². The SMILES string of the molecule is CN(C)CCCNC(=O)C1CC1C(=O)Nc1ccc2c(c1)OCO2. The van der Waals surface area contributed by atoms with Gasteiger partial charge in [-0.15, -0.1) is 0 Å². The highest BCUT2D eigenvalue weighted by Gasteiger charge is 2.47. The Balaban J connectivity index is 1.43. The summed E-state index contributed by atoms with van der Waals surface area (Å²) in [5.74, 6) is 0.692. The molecule has 0 radical (unpaired) electrons. The lowest BCUT2D eigenvalue weighted by Gasteiger charge is -2.10. The normalized spacial score (nSPS) is 20.8. The van der Waals surface area contributed by atoms with Gasteiger partial charge in [-0.2, -0.15) is 0 Å².